The van der Waals surface area contributed by atoms with Gasteiger partial charge in [-0.15, -0.1) is 0 Å². The summed E-state index contributed by atoms with van der Waals surface area (Å²) in [5, 5.41) is 7.94. The number of carbonyl (C=O) groups is 11. The van der Waals surface area contributed by atoms with Crippen LogP contribution in [-0.4, -0.2) is 238 Å². The van der Waals surface area contributed by atoms with Gasteiger partial charge < -0.3 is 59.9 Å². The molecule has 1 spiro atoms. The van der Waals surface area contributed by atoms with Crippen LogP contribution in [0.3, 0.4) is 0 Å². The summed E-state index contributed by atoms with van der Waals surface area (Å²) in [6.07, 6.45) is -6.54. The maximum Gasteiger partial charge on any atom is 0.417 e. The van der Waals surface area contributed by atoms with Gasteiger partial charge in [-0.3, -0.25) is 52.7 Å². The number of nitrogens with one attached hydrogen (secondary N) is 3. The van der Waals surface area contributed by atoms with Crippen molar-refractivity contribution in [2.24, 2.45) is 17.8 Å². The third-order valence-electron chi connectivity index (χ3n) is 21.8. The van der Waals surface area contributed by atoms with Crippen LogP contribution in [0.25, 0.3) is 0 Å². The van der Waals surface area contributed by atoms with Crippen LogP contribution >= 0.6 is 11.6 Å². The van der Waals surface area contributed by atoms with Gasteiger partial charge in [-0.1, -0.05) is 83.2 Å². The Balaban J connectivity index is 1.31. The van der Waals surface area contributed by atoms with E-state index in [0.29, 0.717) is 25.7 Å². The lowest BCUT2D eigenvalue weighted by atomic mass is 9.74. The van der Waals surface area contributed by atoms with Crippen molar-refractivity contribution < 1.29 is 83.8 Å². The van der Waals surface area contributed by atoms with E-state index in [-0.39, 0.29) is 101 Å². The standard InChI is InChI=1S/C73H104ClF6N11O12/c1-14-43(6)60-68(100)86(11)45(8)64(96)90-34-31-54(90)67(99)89(15-2)57(38-47-23-27-49(28-24-47)72(75,76)77)66(98)84(9)41-58(92)81-53(30-26-46-25-29-51(52(74)37-46)73(78,79)80)65(97)91-40-50(103-16-3)39-56(91)63(95)83-71(32-20-33-71)70(102)88(13)61(48-21-18-17-19-22-48)69(101)85(10)44(7)36-59(93)87(12)55(35-42(4)5)62(94)82-60/h23-25,27-29,37,42-45,48,50,53-57,60-61H,14-22,26,30-36,38-41H2,1-13H3,(H,81,92)(H,82,94)(H,83,95)/t43-,44+,45-,50+,53-,54-,55-,56-,57-,60-,61-/m0/s1. The number of likely N-dealkylation sites (N-methyl/N-ethyl adjacent to an activating group) is 6. The van der Waals surface area contributed by atoms with Crippen molar-refractivity contribution in [1.82, 2.24) is 55.1 Å². The largest absolute Gasteiger partial charge is 0.417 e. The summed E-state index contributed by atoms with van der Waals surface area (Å²) in [4.78, 5) is 175. The van der Waals surface area contributed by atoms with E-state index in [0.717, 1.165) is 76.4 Å². The number of aryl methyl sites for hydroxylation is 1. The molecule has 5 fully saturated rings. The first-order valence-electron chi connectivity index (χ1n) is 36.1. The minimum Gasteiger partial charge on any atom is -0.377 e. The van der Waals surface area contributed by atoms with Crippen molar-refractivity contribution >= 4 is 76.6 Å². The van der Waals surface area contributed by atoms with Crippen molar-refractivity contribution in [2.45, 2.75) is 236 Å². The van der Waals surface area contributed by atoms with Gasteiger partial charge in [0, 0.05) is 86.8 Å². The molecule has 0 bridgehead atoms. The average molecular weight is 1480 g/mol. The molecule has 2 aliphatic carbocycles. The fourth-order valence-corrected chi connectivity index (χ4v) is 15.1. The Bertz CT molecular complexity index is 3410. The number of alkyl halides is 6. The van der Waals surface area contributed by atoms with Crippen LogP contribution in [0.2, 0.25) is 5.02 Å². The predicted molar refractivity (Wildman–Crippen MR) is 371 cm³/mol. The van der Waals surface area contributed by atoms with Gasteiger partial charge in [0.25, 0.3) is 0 Å². The van der Waals surface area contributed by atoms with Crippen molar-refractivity contribution in [3.63, 3.8) is 0 Å². The average Bonchev–Trinajstić information content (AvgIpc) is 1.61. The monoisotopic (exact) mass is 1480 g/mol. The molecule has 5 aliphatic rings. The number of fused-ring (bicyclic) bond motifs is 2. The molecule has 0 unspecified atom stereocenters. The number of hydrogen-bond donors (Lipinski definition) is 3. The fourth-order valence-electron chi connectivity index (χ4n) is 14.8. The van der Waals surface area contributed by atoms with Gasteiger partial charge in [-0.2, -0.15) is 26.3 Å². The molecule has 2 aromatic rings. The summed E-state index contributed by atoms with van der Waals surface area (Å²) in [7, 11) is 7.13. The highest BCUT2D eigenvalue weighted by molar-refractivity contribution is 6.31. The minimum atomic E-state index is -4.81. The van der Waals surface area contributed by atoms with Crippen molar-refractivity contribution in [3.8, 4) is 0 Å². The Morgan fingerprint density at radius 3 is 1.84 bits per heavy atom. The van der Waals surface area contributed by atoms with E-state index in [1.807, 2.05) is 20.8 Å². The summed E-state index contributed by atoms with van der Waals surface area (Å²) >= 11 is 6.16. The van der Waals surface area contributed by atoms with Gasteiger partial charge in [-0.25, -0.2) is 0 Å². The molecular weight excluding hydrogens is 1370 g/mol. The molecule has 2 saturated carbocycles. The smallest absolute Gasteiger partial charge is 0.377 e. The van der Waals surface area contributed by atoms with Gasteiger partial charge in [0.15, 0.2) is 0 Å². The highest BCUT2D eigenvalue weighted by atomic mass is 35.5. The summed E-state index contributed by atoms with van der Waals surface area (Å²) in [6, 6.07) is -4.30. The number of rotatable bonds is 13. The van der Waals surface area contributed by atoms with Crippen LogP contribution in [0.5, 0.6) is 0 Å². The van der Waals surface area contributed by atoms with Gasteiger partial charge >= 0.3 is 12.4 Å². The second-order valence-electron chi connectivity index (χ2n) is 29.2. The molecule has 3 aliphatic heterocycles. The molecule has 30 heteroatoms. The third kappa shape index (κ3) is 19.5. The second kappa shape index (κ2) is 35.0. The quantitative estimate of drug-likeness (QED) is 0.167. The van der Waals surface area contributed by atoms with Crippen LogP contribution in [0.4, 0.5) is 26.3 Å². The predicted octanol–water partition coefficient (Wildman–Crippen LogP) is 7.27. The zero-order valence-corrected chi connectivity index (χ0v) is 62.3. The van der Waals surface area contributed by atoms with E-state index >= 15 is 28.8 Å². The van der Waals surface area contributed by atoms with Crippen LogP contribution in [0, 0.1) is 17.8 Å². The molecule has 0 radical (unpaired) electrons. The SMILES string of the molecule is CCO[C@@H]1C[C@H]2C(=O)NC3(CCC3)C(=O)N(C)[C@@H](C3CCCCC3)C(=O)N(C)[C@H](C)CC(=O)N(C)[C@@H](CC(C)C)C(=O)N[C@@H]([C@@H](C)CC)C(=O)N(C)[C@@H](C)C(=O)N3CC[C@H]3C(=O)N(CC)[C@@H](Cc3ccc(C(F)(F)F)cc3)C(=O)N(C)CC(=O)N[C@@H](CCc3ccc(C(F)(F)F)c(Cl)c3)C(=O)N2C1. The number of halogens is 7. The van der Waals surface area contributed by atoms with Crippen molar-refractivity contribution in [3.05, 3.63) is 69.7 Å². The number of carbonyl (C=O) groups excluding carboxylic acids is 11. The van der Waals surface area contributed by atoms with Crippen LogP contribution in [-0.2, 0) is 82.7 Å². The number of amides is 11. The zero-order valence-electron chi connectivity index (χ0n) is 61.5. The first-order valence-corrected chi connectivity index (χ1v) is 36.5. The molecule has 3 saturated heterocycles. The number of nitrogens with zero attached hydrogens (tertiary/aromatic N) is 8. The molecule has 23 nitrogen and oxygen atoms in total. The van der Waals surface area contributed by atoms with E-state index in [4.69, 9.17) is 16.3 Å². The summed E-state index contributed by atoms with van der Waals surface area (Å²) in [6.45, 7) is 12.6. The maximum atomic E-state index is 15.4. The van der Waals surface area contributed by atoms with Crippen LogP contribution < -0.4 is 16.0 Å². The molecular formula is C73H104ClF6N11O12. The summed E-state index contributed by atoms with van der Waals surface area (Å²) in [5.74, 6) is -8.74. The molecule has 2 aromatic carbocycles. The Kier molecular flexibility index (Phi) is 28.1. The summed E-state index contributed by atoms with van der Waals surface area (Å²) in [5.41, 5.74) is -3.30. The Morgan fingerprint density at radius 2 is 1.30 bits per heavy atom. The van der Waals surface area contributed by atoms with E-state index in [9.17, 15) is 50.3 Å². The van der Waals surface area contributed by atoms with E-state index < -0.39 is 178 Å². The molecule has 0 aromatic heterocycles. The number of hydrogen-bond acceptors (Lipinski definition) is 12. The maximum absolute atomic E-state index is 15.4. The topological polar surface area (TPSA) is 259 Å². The Morgan fingerprint density at radius 1 is 0.660 bits per heavy atom. The van der Waals surface area contributed by atoms with Crippen molar-refractivity contribution in [1.29, 1.82) is 0 Å². The molecule has 3 N–H and O–H groups in total. The normalized spacial score (nSPS) is 27.2. The Labute approximate surface area is 605 Å². The van der Waals surface area contributed by atoms with E-state index in [1.165, 1.54) is 66.5 Å². The molecule has 7 rings (SSSR count). The molecule has 103 heavy (non-hydrogen) atoms. The second-order valence-corrected chi connectivity index (χ2v) is 29.6. The highest BCUT2D eigenvalue weighted by Gasteiger charge is 2.54. The summed E-state index contributed by atoms with van der Waals surface area (Å²) < 4.78 is 89.6. The van der Waals surface area contributed by atoms with Gasteiger partial charge in [0.1, 0.15) is 53.9 Å². The van der Waals surface area contributed by atoms with Gasteiger partial charge in [0.2, 0.25) is 65.0 Å². The number of ether oxygens (including phenoxy) is 1. The highest BCUT2D eigenvalue weighted by Crippen LogP contribution is 2.40. The molecule has 11 amide bonds. The van der Waals surface area contributed by atoms with Gasteiger partial charge in [0.05, 0.1) is 28.8 Å². The lowest BCUT2D eigenvalue weighted by Gasteiger charge is -2.47. The fraction of sp³-hybridized carbons (Fsp3) is 0.685. The third-order valence-corrected chi connectivity index (χ3v) is 22.1. The van der Waals surface area contributed by atoms with Crippen LogP contribution in [0.1, 0.15) is 168 Å². The van der Waals surface area contributed by atoms with E-state index in [2.05, 4.69) is 16.0 Å². The first kappa shape index (κ1) is 82.7. The molecule has 572 valence electrons. The first-order chi connectivity index (χ1) is 48.3. The lowest BCUT2D eigenvalue weighted by molar-refractivity contribution is -0.160. The lowest BCUT2D eigenvalue weighted by Crippen LogP contribution is -2.68. The number of benzene rings is 2. The van der Waals surface area contributed by atoms with E-state index in [1.54, 1.807) is 27.8 Å². The van der Waals surface area contributed by atoms with Gasteiger partial charge in [-0.05, 0) is 139 Å². The minimum absolute atomic E-state index is 0.0294. The van der Waals surface area contributed by atoms with Crippen LogP contribution in [0.15, 0.2) is 42.5 Å². The molecule has 3 heterocycles. The zero-order chi connectivity index (χ0) is 76.5. The Hall–Kier alpha value is -7.56. The molecule has 11 atom stereocenters. The van der Waals surface area contributed by atoms with Crippen molar-refractivity contribution in [2.75, 3.05) is 68.0 Å².